The molecule has 1 saturated carbocycles. The van der Waals surface area contributed by atoms with Gasteiger partial charge < -0.3 is 5.32 Å². The van der Waals surface area contributed by atoms with E-state index < -0.39 is 0 Å². The quantitative estimate of drug-likeness (QED) is 0.512. The molecule has 4 atom stereocenters. The molecule has 0 spiro atoms. The van der Waals surface area contributed by atoms with Crippen molar-refractivity contribution in [1.29, 1.82) is 0 Å². The highest BCUT2D eigenvalue weighted by atomic mass is 16.2. The molecule has 6 heteroatoms. The Morgan fingerprint density at radius 2 is 1.58 bits per heavy atom. The van der Waals surface area contributed by atoms with E-state index in [0.29, 0.717) is 10.5 Å². The molecule has 0 bridgehead atoms. The number of nitrogens with one attached hydrogen (secondary N) is 1. The fourth-order valence-corrected chi connectivity index (χ4v) is 6.86. The van der Waals surface area contributed by atoms with Crippen LogP contribution in [0.15, 0.2) is 101 Å². The van der Waals surface area contributed by atoms with Gasteiger partial charge in [-0.25, -0.2) is 4.99 Å². The summed E-state index contributed by atoms with van der Waals surface area (Å²) >= 11 is 0. The molecule has 3 aromatic carbocycles. The number of carbonyl (C=O) groups is 1. The maximum Gasteiger partial charge on any atom is 0.318 e. The number of benzene rings is 3. The van der Waals surface area contributed by atoms with E-state index in [1.165, 1.54) is 28.7 Å². The predicted molar refractivity (Wildman–Crippen MR) is 149 cm³/mol. The van der Waals surface area contributed by atoms with E-state index in [1.54, 1.807) is 4.90 Å². The van der Waals surface area contributed by atoms with Crippen molar-refractivity contribution in [2.24, 2.45) is 4.99 Å². The first-order valence-electron chi connectivity index (χ1n) is 13.7. The first kappa shape index (κ1) is 23.2. The van der Waals surface area contributed by atoms with Crippen molar-refractivity contribution in [2.75, 3.05) is 14.1 Å². The molecule has 1 amide bonds. The van der Waals surface area contributed by atoms with Crippen LogP contribution in [-0.4, -0.2) is 58.5 Å². The Morgan fingerprint density at radius 3 is 2.32 bits per heavy atom. The van der Waals surface area contributed by atoms with Crippen molar-refractivity contribution < 1.29 is 9.28 Å². The molecule has 3 aliphatic heterocycles. The lowest BCUT2D eigenvalue weighted by Crippen LogP contribution is -2.56. The van der Waals surface area contributed by atoms with Gasteiger partial charge in [0.25, 0.3) is 0 Å². The molecular weight excluding hydrogens is 470 g/mol. The normalized spacial score (nSPS) is 27.7. The highest BCUT2D eigenvalue weighted by molar-refractivity contribution is 6.08. The molecule has 1 aliphatic carbocycles. The van der Waals surface area contributed by atoms with Gasteiger partial charge >= 0.3 is 5.91 Å². The molecule has 1 N–H and O–H groups in total. The number of amides is 1. The third kappa shape index (κ3) is 3.58. The van der Waals surface area contributed by atoms with E-state index in [-0.39, 0.29) is 18.1 Å². The van der Waals surface area contributed by atoms with Crippen LogP contribution in [0.1, 0.15) is 30.4 Å². The summed E-state index contributed by atoms with van der Waals surface area (Å²) in [5.74, 6) is 1.85. The second-order valence-electron chi connectivity index (χ2n) is 11.3. The van der Waals surface area contributed by atoms with Crippen molar-refractivity contribution in [3.63, 3.8) is 0 Å². The minimum absolute atomic E-state index is 0.0277. The first-order valence-corrected chi connectivity index (χ1v) is 13.7. The smallest absolute Gasteiger partial charge is 0.317 e. The Morgan fingerprint density at radius 1 is 0.895 bits per heavy atom. The van der Waals surface area contributed by atoms with Crippen LogP contribution >= 0.6 is 0 Å². The zero-order valence-electron chi connectivity index (χ0n) is 22.0. The number of likely N-dealkylation sites (N-methyl/N-ethyl adjacent to an activating group) is 2. The van der Waals surface area contributed by atoms with E-state index in [9.17, 15) is 4.79 Å². The Bertz CT molecular complexity index is 1430. The van der Waals surface area contributed by atoms with Gasteiger partial charge in [-0.05, 0) is 36.0 Å². The second-order valence-corrected chi connectivity index (χ2v) is 11.3. The molecule has 38 heavy (non-hydrogen) atoms. The van der Waals surface area contributed by atoms with Gasteiger partial charge in [-0.3, -0.25) is 19.1 Å². The molecular formula is C32H34N5O+. The van der Waals surface area contributed by atoms with Gasteiger partial charge in [0.15, 0.2) is 12.0 Å². The number of hydrogen-bond acceptors (Lipinski definition) is 4. The zero-order chi connectivity index (χ0) is 25.9. The van der Waals surface area contributed by atoms with Crippen LogP contribution in [0.25, 0.3) is 11.1 Å². The van der Waals surface area contributed by atoms with Crippen molar-refractivity contribution >= 4 is 11.9 Å². The molecule has 4 aliphatic rings. The lowest BCUT2D eigenvalue weighted by Gasteiger charge is -2.39. The van der Waals surface area contributed by atoms with E-state index in [1.807, 2.05) is 13.1 Å². The lowest BCUT2D eigenvalue weighted by atomic mass is 10.0. The Hall–Kier alpha value is -3.90. The number of fused-ring (bicyclic) bond motifs is 4. The van der Waals surface area contributed by atoms with E-state index >= 15 is 0 Å². The summed E-state index contributed by atoms with van der Waals surface area (Å²) < 4.78 is 0.518. The summed E-state index contributed by atoms with van der Waals surface area (Å²) in [6.07, 6.45) is 4.25. The SMILES string of the molecule is CN1C(=O)C2=C(NC(Cc3ccc(-c4ccccc4)cc3)[N+]2(C)Cc2ccccc2)N2C1=N[C@@H]1CCC[C@@H]12. The zero-order valence-corrected chi connectivity index (χ0v) is 22.0. The van der Waals surface area contributed by atoms with Gasteiger partial charge in [0.2, 0.25) is 11.7 Å². The number of guanidine groups is 1. The van der Waals surface area contributed by atoms with Gasteiger partial charge in [0.05, 0.1) is 19.1 Å². The Kier molecular flexibility index (Phi) is 5.41. The summed E-state index contributed by atoms with van der Waals surface area (Å²) in [7, 11) is 4.11. The molecule has 3 heterocycles. The van der Waals surface area contributed by atoms with Crippen molar-refractivity contribution in [3.05, 3.63) is 108 Å². The number of carbonyl (C=O) groups excluding carboxylic acids is 1. The minimum atomic E-state index is 0.0277. The molecule has 6 nitrogen and oxygen atoms in total. The molecule has 2 unspecified atom stereocenters. The Labute approximate surface area is 224 Å². The summed E-state index contributed by atoms with van der Waals surface area (Å²) in [4.78, 5) is 23.1. The van der Waals surface area contributed by atoms with Crippen LogP contribution in [0.4, 0.5) is 0 Å². The topological polar surface area (TPSA) is 47.9 Å². The maximum atomic E-state index is 14.0. The molecule has 0 radical (unpaired) electrons. The maximum absolute atomic E-state index is 14.0. The first-order chi connectivity index (χ1) is 18.5. The monoisotopic (exact) mass is 504 g/mol. The highest BCUT2D eigenvalue weighted by Gasteiger charge is 2.58. The number of aliphatic imine (C=N–C) groups is 1. The van der Waals surface area contributed by atoms with Crippen LogP contribution in [0.3, 0.4) is 0 Å². The van der Waals surface area contributed by atoms with E-state index in [4.69, 9.17) is 4.99 Å². The van der Waals surface area contributed by atoms with Gasteiger partial charge in [-0.2, -0.15) is 0 Å². The molecule has 192 valence electrons. The van der Waals surface area contributed by atoms with Crippen LogP contribution in [0, 0.1) is 0 Å². The summed E-state index contributed by atoms with van der Waals surface area (Å²) in [5, 5.41) is 3.88. The second kappa shape index (κ2) is 8.84. The average Bonchev–Trinajstić information content (AvgIpc) is 3.61. The number of hydrogen-bond donors (Lipinski definition) is 1. The number of rotatable bonds is 5. The fraction of sp³-hybridized carbons (Fsp3) is 0.312. The molecule has 1 fully saturated rings. The minimum Gasteiger partial charge on any atom is -0.317 e. The van der Waals surface area contributed by atoms with Gasteiger partial charge in [0.1, 0.15) is 6.54 Å². The molecule has 0 aromatic heterocycles. The number of nitrogens with zero attached hydrogens (tertiary/aromatic N) is 4. The largest absolute Gasteiger partial charge is 0.318 e. The van der Waals surface area contributed by atoms with Gasteiger partial charge in [-0.15, -0.1) is 0 Å². The molecule has 0 saturated heterocycles. The van der Waals surface area contributed by atoms with Crippen LogP contribution < -0.4 is 5.32 Å². The molecule has 3 aromatic rings. The van der Waals surface area contributed by atoms with Crippen LogP contribution in [-0.2, 0) is 17.8 Å². The summed E-state index contributed by atoms with van der Waals surface area (Å²) in [5.41, 5.74) is 5.78. The molecule has 7 rings (SSSR count). The average molecular weight is 505 g/mol. The van der Waals surface area contributed by atoms with Crippen LogP contribution in [0.2, 0.25) is 0 Å². The van der Waals surface area contributed by atoms with Crippen molar-refractivity contribution in [3.8, 4) is 11.1 Å². The van der Waals surface area contributed by atoms with Crippen molar-refractivity contribution in [2.45, 2.75) is 50.5 Å². The van der Waals surface area contributed by atoms with Gasteiger partial charge in [-0.1, -0.05) is 84.9 Å². The van der Waals surface area contributed by atoms with E-state index in [2.05, 4.69) is 96.1 Å². The predicted octanol–water partition coefficient (Wildman–Crippen LogP) is 4.71. The Balaban J connectivity index is 1.26. The third-order valence-electron chi connectivity index (χ3n) is 8.89. The van der Waals surface area contributed by atoms with Crippen LogP contribution in [0.5, 0.6) is 0 Å². The standard InChI is InChI=1S/C32H33N5O/c1-35-31(38)29-30(36-27-15-9-14-26(27)33-32(35)36)34-28(37(29,2)21-23-10-5-3-6-11-23)20-22-16-18-25(19-17-22)24-12-7-4-8-13-24/h3-8,10-13,16-19,26-28H,9,14-15,20-21H2,1-2H3/p+1/t26-,27+,28?,37?/m1/s1. The summed E-state index contributed by atoms with van der Waals surface area (Å²) in [6.45, 7) is 0.743. The third-order valence-corrected chi connectivity index (χ3v) is 8.89. The van der Waals surface area contributed by atoms with Gasteiger partial charge in [0, 0.05) is 19.0 Å². The number of quaternary nitrogens is 1. The highest BCUT2D eigenvalue weighted by Crippen LogP contribution is 2.43. The van der Waals surface area contributed by atoms with Crippen molar-refractivity contribution in [1.82, 2.24) is 15.1 Å². The lowest BCUT2D eigenvalue weighted by molar-refractivity contribution is -0.903. The fourth-order valence-electron chi connectivity index (χ4n) is 6.86. The summed E-state index contributed by atoms with van der Waals surface area (Å²) in [6, 6.07) is 30.6. The van der Waals surface area contributed by atoms with E-state index in [0.717, 1.165) is 43.3 Å².